The van der Waals surface area contributed by atoms with Crippen molar-refractivity contribution in [1.29, 1.82) is 5.26 Å². The summed E-state index contributed by atoms with van der Waals surface area (Å²) in [6, 6.07) is 13.0. The highest BCUT2D eigenvalue weighted by Gasteiger charge is 2.52. The minimum Gasteiger partial charge on any atom is -0.484 e. The van der Waals surface area contributed by atoms with E-state index in [9.17, 15) is 42.7 Å². The first-order valence-electron chi connectivity index (χ1n) is 24.3. The van der Waals surface area contributed by atoms with Crippen LogP contribution in [0, 0.1) is 41.1 Å². The minimum absolute atomic E-state index is 0.00665. The van der Waals surface area contributed by atoms with Gasteiger partial charge in [-0.1, -0.05) is 50.3 Å². The number of carbonyl (C=O) groups excluding carboxylic acids is 4. The van der Waals surface area contributed by atoms with Gasteiger partial charge in [0.25, 0.3) is 5.91 Å². The molecule has 0 aliphatic carbocycles. The van der Waals surface area contributed by atoms with Crippen molar-refractivity contribution in [3.05, 3.63) is 124 Å². The number of likely N-dealkylation sites (tertiary alicyclic amines) is 1. The number of nitriles is 1. The maximum absolute atomic E-state index is 15.8. The number of aryl methyl sites for hydroxylation is 2. The first-order valence-corrected chi connectivity index (χ1v) is 25.6. The minimum atomic E-state index is -5.29. The number of alkyl halides is 3. The highest BCUT2D eigenvalue weighted by atomic mass is 32.1. The van der Waals surface area contributed by atoms with Crippen LogP contribution in [0.25, 0.3) is 21.7 Å². The molecule has 2 saturated heterocycles. The third-order valence-corrected chi connectivity index (χ3v) is 14.5. The van der Waals surface area contributed by atoms with Crippen molar-refractivity contribution in [2.24, 2.45) is 5.41 Å². The topological polar surface area (TPSA) is 212 Å². The number of aliphatic hydroxyl groups excluding tert-OH is 1. The van der Waals surface area contributed by atoms with Crippen molar-refractivity contribution in [2.45, 2.75) is 110 Å². The van der Waals surface area contributed by atoms with Crippen LogP contribution in [0.4, 0.5) is 37.7 Å². The van der Waals surface area contributed by atoms with E-state index in [4.69, 9.17) is 17.0 Å². The fraction of sp³-hybridized carbons (Fsp3) is 0.358. The van der Waals surface area contributed by atoms with Crippen LogP contribution < -0.4 is 25.2 Å². The highest BCUT2D eigenvalue weighted by molar-refractivity contribution is 7.81. The van der Waals surface area contributed by atoms with E-state index >= 15 is 13.2 Å². The number of thiazole rings is 1. The molecule has 3 aromatic heterocycles. The Kier molecular flexibility index (Phi) is 16.1. The number of ether oxygens (including phenoxy) is 1. The maximum Gasteiger partial charge on any atom is 0.420 e. The molecule has 2 aliphatic heterocycles. The molecule has 3 N–H and O–H groups in total. The Morgan fingerprint density at radius 3 is 2.37 bits per heavy atom. The van der Waals surface area contributed by atoms with E-state index < -0.39 is 98.3 Å². The third-order valence-electron chi connectivity index (χ3n) is 13.2. The summed E-state index contributed by atoms with van der Waals surface area (Å²) < 4.78 is 95.3. The van der Waals surface area contributed by atoms with E-state index in [2.05, 4.69) is 30.9 Å². The lowest BCUT2D eigenvalue weighted by atomic mass is 9.85. The fourth-order valence-electron chi connectivity index (χ4n) is 9.16. The maximum atomic E-state index is 15.8. The Morgan fingerprint density at radius 1 is 1.01 bits per heavy atom. The van der Waals surface area contributed by atoms with Crippen LogP contribution in [0.2, 0.25) is 0 Å². The molecule has 3 aromatic carbocycles. The van der Waals surface area contributed by atoms with Crippen molar-refractivity contribution >= 4 is 63.7 Å². The summed E-state index contributed by atoms with van der Waals surface area (Å²) in [6.45, 7) is 10.1. The van der Waals surface area contributed by atoms with E-state index in [0.717, 1.165) is 51.0 Å². The molecule has 5 heterocycles. The molecule has 25 heteroatoms. The van der Waals surface area contributed by atoms with Gasteiger partial charge >= 0.3 is 6.18 Å². The zero-order valence-corrected chi connectivity index (χ0v) is 44.4. The smallest absolute Gasteiger partial charge is 0.420 e. The standard InChI is InChI=1S/C53H51F6N11O6S2/c1-28-45(78-27-63-28)30-11-9-29(10-12-30)22-62-47(73)39-20-35(71)25-68(39)48(74)46(51(2,3)4)64-41(72)8-7-17-67-24-33(65-66-67)26-76-40-16-14-31(18-36(40)54)44-37(55)19-34(23-61-44)70-50(77)69(49(75)52(70,5)6)38-15-13-32(21-60)42(43(38)56)53(57,58)59/h9-16,18-19,23-24,27,35,39,46,71H,7-8,17,20,22,25-26H2,1-6H3,(H,62,73)(H,64,72)/t35-,39+,46-/m1/s1. The van der Waals surface area contributed by atoms with Crippen LogP contribution in [0.3, 0.4) is 0 Å². The summed E-state index contributed by atoms with van der Waals surface area (Å²) in [7, 11) is 0. The average molecular weight is 1120 g/mol. The summed E-state index contributed by atoms with van der Waals surface area (Å²) in [5.74, 6) is -6.31. The van der Waals surface area contributed by atoms with E-state index in [1.807, 2.05) is 31.2 Å². The van der Waals surface area contributed by atoms with Crippen LogP contribution in [0.5, 0.6) is 5.75 Å². The van der Waals surface area contributed by atoms with Gasteiger partial charge in [-0.3, -0.25) is 33.7 Å². The van der Waals surface area contributed by atoms with Gasteiger partial charge < -0.3 is 30.3 Å². The molecular formula is C53H51F6N11O6S2. The van der Waals surface area contributed by atoms with Gasteiger partial charge in [0.1, 0.15) is 41.2 Å². The van der Waals surface area contributed by atoms with Gasteiger partial charge in [0.15, 0.2) is 28.3 Å². The van der Waals surface area contributed by atoms with Crippen LogP contribution in [0.15, 0.2) is 78.6 Å². The lowest BCUT2D eigenvalue weighted by molar-refractivity contribution is -0.144. The summed E-state index contributed by atoms with van der Waals surface area (Å²) in [5.41, 5.74) is -1.79. The van der Waals surface area contributed by atoms with Crippen molar-refractivity contribution in [3.8, 4) is 33.5 Å². The van der Waals surface area contributed by atoms with Crippen LogP contribution in [-0.4, -0.2) is 94.0 Å². The number of hydrogen-bond donors (Lipinski definition) is 3. The van der Waals surface area contributed by atoms with E-state index in [1.54, 1.807) is 26.3 Å². The number of nitrogens with zero attached hydrogens (tertiary/aromatic N) is 9. The number of thiocarbonyl (C=S) groups is 1. The normalized spacial score (nSPS) is 16.8. The molecule has 408 valence electrons. The second-order valence-electron chi connectivity index (χ2n) is 20.2. The number of benzene rings is 3. The Hall–Kier alpha value is -7.82. The number of nitrogens with one attached hydrogen (secondary N) is 2. The molecule has 2 fully saturated rings. The molecule has 0 spiro atoms. The zero-order chi connectivity index (χ0) is 56.6. The Balaban J connectivity index is 0.831. The highest BCUT2D eigenvalue weighted by Crippen LogP contribution is 2.42. The Bertz CT molecular complexity index is 3360. The Morgan fingerprint density at radius 2 is 1.73 bits per heavy atom. The van der Waals surface area contributed by atoms with Crippen molar-refractivity contribution in [2.75, 3.05) is 16.3 Å². The molecule has 0 bridgehead atoms. The molecule has 17 nitrogen and oxygen atoms in total. The summed E-state index contributed by atoms with van der Waals surface area (Å²) in [5, 5.41) is 33.1. The van der Waals surface area contributed by atoms with Gasteiger partial charge in [-0.15, -0.1) is 16.4 Å². The van der Waals surface area contributed by atoms with Gasteiger partial charge in [-0.05, 0) is 86.3 Å². The molecule has 78 heavy (non-hydrogen) atoms. The van der Waals surface area contributed by atoms with Gasteiger partial charge in [0.2, 0.25) is 17.7 Å². The second-order valence-corrected chi connectivity index (χ2v) is 21.4. The quantitative estimate of drug-likeness (QED) is 0.0618. The number of pyridine rings is 1. The van der Waals surface area contributed by atoms with E-state index in [0.29, 0.717) is 16.7 Å². The molecule has 0 unspecified atom stereocenters. The number of anilines is 2. The fourth-order valence-corrected chi connectivity index (χ4v) is 10.5. The van der Waals surface area contributed by atoms with Gasteiger partial charge in [-0.25, -0.2) is 18.2 Å². The summed E-state index contributed by atoms with van der Waals surface area (Å²) in [6.07, 6.45) is -3.26. The predicted molar refractivity (Wildman–Crippen MR) is 278 cm³/mol. The largest absolute Gasteiger partial charge is 0.484 e. The Labute approximate surface area is 452 Å². The van der Waals surface area contributed by atoms with Gasteiger partial charge in [0, 0.05) is 44.1 Å². The summed E-state index contributed by atoms with van der Waals surface area (Å²) in [4.78, 5) is 66.9. The SMILES string of the molecule is Cc1ncsc1-c1ccc(CNC(=O)[C@@H]2C[C@@H](O)CN2C(=O)[C@@H](NC(=O)CCCn2cc(COc3ccc(-c4ncc(N5C(=S)N(c6ccc(C#N)c(C(F)(F)F)c6F)C(=O)C5(C)C)cc4F)cc3F)nn2)C(C)(C)C)cc1. The number of hydrogen-bond acceptors (Lipinski definition) is 13. The predicted octanol–water partition coefficient (Wildman–Crippen LogP) is 8.16. The number of β-amino-alcohol motifs (C(OH)–C–C–N with tert-alkyl or cyclic N) is 1. The van der Waals surface area contributed by atoms with Crippen LogP contribution in [-0.2, 0) is 45.1 Å². The van der Waals surface area contributed by atoms with Crippen molar-refractivity contribution < 1.29 is 55.4 Å². The number of amides is 4. The molecule has 2 aliphatic rings. The van der Waals surface area contributed by atoms with Gasteiger partial charge in [-0.2, -0.15) is 18.4 Å². The molecular weight excluding hydrogens is 1060 g/mol. The number of aromatic nitrogens is 5. The average Bonchev–Trinajstić information content (AvgIpc) is 4.36. The number of carbonyl (C=O) groups is 4. The number of aliphatic hydroxyl groups is 1. The summed E-state index contributed by atoms with van der Waals surface area (Å²) >= 11 is 6.97. The number of rotatable bonds is 16. The lowest BCUT2D eigenvalue weighted by Crippen LogP contribution is -2.57. The first kappa shape index (κ1) is 56.4. The van der Waals surface area contributed by atoms with E-state index in [-0.39, 0.29) is 68.2 Å². The monoisotopic (exact) mass is 1120 g/mol. The first-order chi connectivity index (χ1) is 36.8. The molecule has 8 rings (SSSR count). The van der Waals surface area contributed by atoms with Crippen molar-refractivity contribution in [3.63, 3.8) is 0 Å². The number of halogens is 6. The molecule has 0 radical (unpaired) electrons. The van der Waals surface area contributed by atoms with Gasteiger partial charge in [0.05, 0.1) is 57.6 Å². The van der Waals surface area contributed by atoms with Crippen LogP contribution in [0.1, 0.15) is 82.0 Å². The third kappa shape index (κ3) is 11.7. The van der Waals surface area contributed by atoms with Crippen LogP contribution >= 0.6 is 23.6 Å². The lowest BCUT2D eigenvalue weighted by Gasteiger charge is -2.35. The van der Waals surface area contributed by atoms with Crippen molar-refractivity contribution in [1.82, 2.24) is 40.5 Å². The second kappa shape index (κ2) is 22.3. The molecule has 4 amide bonds. The molecule has 3 atom stereocenters. The molecule has 6 aromatic rings. The molecule has 0 saturated carbocycles. The van der Waals surface area contributed by atoms with E-state index in [1.165, 1.54) is 59.2 Å². The zero-order valence-electron chi connectivity index (χ0n) is 42.8.